The zero-order chi connectivity index (χ0) is 14.1. The molecule has 3 rings (SSSR count). The number of hydrogen-bond donors (Lipinski definition) is 1. The predicted octanol–water partition coefficient (Wildman–Crippen LogP) is 1.28. The van der Waals surface area contributed by atoms with Crippen molar-refractivity contribution in [2.75, 3.05) is 0 Å². The van der Waals surface area contributed by atoms with Crippen LogP contribution >= 0.6 is 0 Å². The van der Waals surface area contributed by atoms with Gasteiger partial charge in [-0.25, -0.2) is 0 Å². The fourth-order valence-corrected chi connectivity index (χ4v) is 2.70. The first kappa shape index (κ1) is 13.0. The molecule has 0 spiro atoms. The average Bonchev–Trinajstić information content (AvgIpc) is 3.25. The van der Waals surface area contributed by atoms with E-state index in [1.54, 1.807) is 0 Å². The van der Waals surface area contributed by atoms with Crippen LogP contribution in [0, 0.1) is 11.8 Å². The van der Waals surface area contributed by atoms with Crippen LogP contribution in [0.2, 0.25) is 0 Å². The Kier molecular flexibility index (Phi) is 3.38. The van der Waals surface area contributed by atoms with E-state index in [9.17, 15) is 14.4 Å². The van der Waals surface area contributed by atoms with E-state index in [2.05, 4.69) is 5.32 Å². The summed E-state index contributed by atoms with van der Waals surface area (Å²) in [7, 11) is 0. The molecule has 1 amide bonds. The van der Waals surface area contributed by atoms with Gasteiger partial charge in [0.2, 0.25) is 5.91 Å². The summed E-state index contributed by atoms with van der Waals surface area (Å²) in [5.74, 6) is -1.90. The molecule has 1 saturated heterocycles. The van der Waals surface area contributed by atoms with Crippen LogP contribution in [0.15, 0.2) is 30.3 Å². The number of carbonyl (C=O) groups is 3. The molecule has 104 valence electrons. The SMILES string of the molecule is O=C1NC(CCc2ccccc2)C(=O)C1C(=O)C1CC1. The quantitative estimate of drug-likeness (QED) is 0.821. The van der Waals surface area contributed by atoms with E-state index < -0.39 is 17.9 Å². The summed E-state index contributed by atoms with van der Waals surface area (Å²) in [6.45, 7) is 0. The molecular weight excluding hydrogens is 254 g/mol. The highest BCUT2D eigenvalue weighted by atomic mass is 16.2. The molecule has 0 bridgehead atoms. The third-order valence-electron chi connectivity index (χ3n) is 4.04. The average molecular weight is 271 g/mol. The first-order chi connectivity index (χ1) is 9.66. The number of carbonyl (C=O) groups excluding carboxylic acids is 3. The van der Waals surface area contributed by atoms with Gasteiger partial charge in [0.15, 0.2) is 17.5 Å². The number of ketones is 2. The molecule has 1 aromatic carbocycles. The van der Waals surface area contributed by atoms with Gasteiger partial charge in [0.05, 0.1) is 6.04 Å². The maximum atomic E-state index is 12.2. The van der Waals surface area contributed by atoms with Gasteiger partial charge in [-0.05, 0) is 31.2 Å². The monoisotopic (exact) mass is 271 g/mol. The molecule has 2 atom stereocenters. The molecule has 4 heteroatoms. The maximum absolute atomic E-state index is 12.2. The Balaban J connectivity index is 1.62. The highest BCUT2D eigenvalue weighted by Crippen LogP contribution is 2.34. The van der Waals surface area contributed by atoms with Crippen molar-refractivity contribution in [1.82, 2.24) is 5.32 Å². The van der Waals surface area contributed by atoms with Gasteiger partial charge in [-0.2, -0.15) is 0 Å². The van der Waals surface area contributed by atoms with Crippen LogP contribution in [0.3, 0.4) is 0 Å². The second-order valence-electron chi connectivity index (χ2n) is 5.60. The lowest BCUT2D eigenvalue weighted by Gasteiger charge is -2.08. The number of Topliss-reactive ketones (excluding diaryl/α,β-unsaturated/α-hetero) is 2. The predicted molar refractivity (Wildman–Crippen MR) is 72.9 cm³/mol. The summed E-state index contributed by atoms with van der Waals surface area (Å²) < 4.78 is 0. The molecule has 1 aromatic rings. The van der Waals surface area contributed by atoms with Gasteiger partial charge in [-0.3, -0.25) is 14.4 Å². The van der Waals surface area contributed by atoms with Crippen molar-refractivity contribution in [3.63, 3.8) is 0 Å². The first-order valence-electron chi connectivity index (χ1n) is 7.08. The molecule has 20 heavy (non-hydrogen) atoms. The summed E-state index contributed by atoms with van der Waals surface area (Å²) >= 11 is 0. The van der Waals surface area contributed by atoms with E-state index in [0.717, 1.165) is 24.8 Å². The van der Waals surface area contributed by atoms with Gasteiger partial charge in [-0.15, -0.1) is 0 Å². The van der Waals surface area contributed by atoms with Crippen molar-refractivity contribution in [3.8, 4) is 0 Å². The molecule has 1 aliphatic carbocycles. The Bertz CT molecular complexity index is 548. The minimum Gasteiger partial charge on any atom is -0.345 e. The molecular formula is C16H17NO3. The van der Waals surface area contributed by atoms with Gasteiger partial charge < -0.3 is 5.32 Å². The van der Waals surface area contributed by atoms with Crippen molar-refractivity contribution < 1.29 is 14.4 Å². The number of benzene rings is 1. The normalized spacial score (nSPS) is 25.6. The standard InChI is InChI=1S/C16H17NO3/c18-14(11-7-8-11)13-15(19)12(17-16(13)20)9-6-10-4-2-1-3-5-10/h1-5,11-13H,6-9H2,(H,17,20). The second-order valence-corrected chi connectivity index (χ2v) is 5.60. The van der Waals surface area contributed by atoms with Crippen molar-refractivity contribution in [2.45, 2.75) is 31.7 Å². The summed E-state index contributed by atoms with van der Waals surface area (Å²) in [6.07, 6.45) is 2.93. The lowest BCUT2D eigenvalue weighted by Crippen LogP contribution is -2.29. The fraction of sp³-hybridized carbons (Fsp3) is 0.438. The van der Waals surface area contributed by atoms with Gasteiger partial charge in [-0.1, -0.05) is 30.3 Å². The number of aryl methyl sites for hydroxylation is 1. The Labute approximate surface area is 117 Å². The molecule has 1 aliphatic heterocycles. The smallest absolute Gasteiger partial charge is 0.238 e. The molecule has 0 aromatic heterocycles. The molecule has 1 N–H and O–H groups in total. The van der Waals surface area contributed by atoms with Gasteiger partial charge in [0.1, 0.15) is 0 Å². The largest absolute Gasteiger partial charge is 0.345 e. The van der Waals surface area contributed by atoms with E-state index in [1.807, 2.05) is 30.3 Å². The van der Waals surface area contributed by atoms with Gasteiger partial charge >= 0.3 is 0 Å². The molecule has 0 radical (unpaired) electrons. The Morgan fingerprint density at radius 2 is 1.85 bits per heavy atom. The topological polar surface area (TPSA) is 63.2 Å². The molecule has 2 fully saturated rings. The van der Waals surface area contributed by atoms with Crippen LogP contribution in [-0.2, 0) is 20.8 Å². The first-order valence-corrected chi connectivity index (χ1v) is 7.08. The van der Waals surface area contributed by atoms with Crippen LogP contribution in [-0.4, -0.2) is 23.5 Å². The summed E-state index contributed by atoms with van der Waals surface area (Å²) in [4.78, 5) is 36.0. The van der Waals surface area contributed by atoms with Crippen molar-refractivity contribution >= 4 is 17.5 Å². The zero-order valence-corrected chi connectivity index (χ0v) is 11.2. The molecule has 4 nitrogen and oxygen atoms in total. The molecule has 2 aliphatic rings. The Morgan fingerprint density at radius 1 is 1.15 bits per heavy atom. The molecule has 1 heterocycles. The summed E-state index contributed by atoms with van der Waals surface area (Å²) in [5.41, 5.74) is 1.13. The van der Waals surface area contributed by atoms with Crippen LogP contribution in [0.4, 0.5) is 0 Å². The minimum absolute atomic E-state index is 0.0532. The van der Waals surface area contributed by atoms with Crippen molar-refractivity contribution in [2.24, 2.45) is 11.8 Å². The number of rotatable bonds is 5. The van der Waals surface area contributed by atoms with Crippen molar-refractivity contribution in [3.05, 3.63) is 35.9 Å². The summed E-state index contributed by atoms with van der Waals surface area (Å²) in [5, 5.41) is 2.68. The van der Waals surface area contributed by atoms with E-state index in [4.69, 9.17) is 0 Å². The Hall–Kier alpha value is -1.97. The van der Waals surface area contributed by atoms with Crippen LogP contribution < -0.4 is 5.32 Å². The zero-order valence-electron chi connectivity index (χ0n) is 11.2. The van der Waals surface area contributed by atoms with Crippen LogP contribution in [0.25, 0.3) is 0 Å². The lowest BCUT2D eigenvalue weighted by atomic mass is 9.93. The highest BCUT2D eigenvalue weighted by Gasteiger charge is 2.48. The number of nitrogens with one attached hydrogen (secondary N) is 1. The molecule has 2 unspecified atom stereocenters. The van der Waals surface area contributed by atoms with Crippen LogP contribution in [0.5, 0.6) is 0 Å². The highest BCUT2D eigenvalue weighted by molar-refractivity contribution is 6.25. The number of amides is 1. The minimum atomic E-state index is -1.04. The van der Waals surface area contributed by atoms with E-state index in [-0.39, 0.29) is 17.5 Å². The van der Waals surface area contributed by atoms with Crippen LogP contribution in [0.1, 0.15) is 24.8 Å². The third-order valence-corrected chi connectivity index (χ3v) is 4.04. The summed E-state index contributed by atoms with van der Waals surface area (Å²) in [6, 6.07) is 9.32. The fourth-order valence-electron chi connectivity index (χ4n) is 2.70. The Morgan fingerprint density at radius 3 is 2.50 bits per heavy atom. The third kappa shape index (κ3) is 2.50. The van der Waals surface area contributed by atoms with Gasteiger partial charge in [0, 0.05) is 5.92 Å². The maximum Gasteiger partial charge on any atom is 0.238 e. The van der Waals surface area contributed by atoms with E-state index in [1.165, 1.54) is 0 Å². The van der Waals surface area contributed by atoms with Crippen molar-refractivity contribution in [1.29, 1.82) is 0 Å². The van der Waals surface area contributed by atoms with E-state index >= 15 is 0 Å². The lowest BCUT2D eigenvalue weighted by molar-refractivity contribution is -0.137. The number of hydrogen-bond acceptors (Lipinski definition) is 3. The molecule has 1 saturated carbocycles. The van der Waals surface area contributed by atoms with Gasteiger partial charge in [0.25, 0.3) is 0 Å². The second kappa shape index (κ2) is 5.19. The van der Waals surface area contributed by atoms with E-state index in [0.29, 0.717) is 6.42 Å².